The van der Waals surface area contributed by atoms with Gasteiger partial charge in [0.05, 0.1) is 0 Å². The highest BCUT2D eigenvalue weighted by molar-refractivity contribution is 5.71. The van der Waals surface area contributed by atoms with Gasteiger partial charge in [0, 0.05) is 19.3 Å². The summed E-state index contributed by atoms with van der Waals surface area (Å²) in [5, 5.41) is 0. The molecule has 0 bridgehead atoms. The fraction of sp³-hybridized carbons (Fsp3) is 0.590. The van der Waals surface area contributed by atoms with Crippen molar-refractivity contribution in [2.45, 2.75) is 219 Å². The van der Waals surface area contributed by atoms with Crippen molar-refractivity contribution in [2.24, 2.45) is 0 Å². The Hall–Kier alpha value is -4.45. The Balaban J connectivity index is 4.52. The van der Waals surface area contributed by atoms with Crippen LogP contribution in [0.3, 0.4) is 0 Å². The summed E-state index contributed by atoms with van der Waals surface area (Å²) in [6.45, 7) is 6.28. The number of allylic oxidation sites excluding steroid dienone is 22. The molecular formula is C61H96O6. The standard InChI is InChI=1S/C61H96O6/c1-4-7-10-13-16-19-22-25-28-29-30-31-34-36-39-42-45-48-51-54-60(63)66-57-58(67-61(64)55-52-49-46-43-40-37-33-27-24-21-18-15-12-9-6-3)56-65-59(62)53-50-47-44-41-38-35-32-26-23-20-17-14-11-8-5-2/h7,9-10,12,15-21,23-28,30-31,33,37,40,58H,4-6,8,11,13-14,22,29,32,34-36,38-39,41-57H2,1-3H3/b10-7-,12-9-,18-15-,19-16-,20-17-,24-21-,26-23-,28-25-,31-30-,33-27-,40-37-. The number of hydrogen-bond acceptors (Lipinski definition) is 6. The van der Waals surface area contributed by atoms with Gasteiger partial charge in [0.2, 0.25) is 0 Å². The van der Waals surface area contributed by atoms with Gasteiger partial charge in [-0.05, 0) is 103 Å². The van der Waals surface area contributed by atoms with Gasteiger partial charge in [-0.25, -0.2) is 0 Å². The van der Waals surface area contributed by atoms with Crippen molar-refractivity contribution in [1.82, 2.24) is 0 Å². The van der Waals surface area contributed by atoms with Crippen molar-refractivity contribution in [3.05, 3.63) is 134 Å². The van der Waals surface area contributed by atoms with Crippen LogP contribution in [0.4, 0.5) is 0 Å². The second-order valence-electron chi connectivity index (χ2n) is 17.2. The van der Waals surface area contributed by atoms with Gasteiger partial charge in [-0.3, -0.25) is 14.4 Å². The Morgan fingerprint density at radius 3 is 1.12 bits per heavy atom. The van der Waals surface area contributed by atoms with Crippen LogP contribution in [0.1, 0.15) is 213 Å². The highest BCUT2D eigenvalue weighted by Crippen LogP contribution is 2.13. The topological polar surface area (TPSA) is 78.9 Å². The molecule has 0 aromatic heterocycles. The van der Waals surface area contributed by atoms with Gasteiger partial charge in [0.1, 0.15) is 13.2 Å². The molecule has 0 saturated heterocycles. The van der Waals surface area contributed by atoms with E-state index in [1.807, 2.05) is 48.6 Å². The van der Waals surface area contributed by atoms with Crippen LogP contribution in [0.2, 0.25) is 0 Å². The largest absolute Gasteiger partial charge is 0.462 e. The number of esters is 3. The van der Waals surface area contributed by atoms with E-state index < -0.39 is 6.10 Å². The van der Waals surface area contributed by atoms with Gasteiger partial charge in [0.25, 0.3) is 0 Å². The third kappa shape index (κ3) is 52.4. The molecule has 0 aromatic rings. The summed E-state index contributed by atoms with van der Waals surface area (Å²) in [4.78, 5) is 38.1. The first-order valence-corrected chi connectivity index (χ1v) is 26.8. The van der Waals surface area contributed by atoms with Crippen molar-refractivity contribution in [1.29, 1.82) is 0 Å². The van der Waals surface area contributed by atoms with Gasteiger partial charge in [0.15, 0.2) is 6.10 Å². The summed E-state index contributed by atoms with van der Waals surface area (Å²) in [6, 6.07) is 0. The fourth-order valence-corrected chi connectivity index (χ4v) is 6.80. The van der Waals surface area contributed by atoms with Crippen molar-refractivity contribution < 1.29 is 28.6 Å². The lowest BCUT2D eigenvalue weighted by Gasteiger charge is -2.18. The van der Waals surface area contributed by atoms with E-state index in [4.69, 9.17) is 14.2 Å². The lowest BCUT2D eigenvalue weighted by molar-refractivity contribution is -0.167. The highest BCUT2D eigenvalue weighted by Gasteiger charge is 2.19. The summed E-state index contributed by atoms with van der Waals surface area (Å²) in [6.07, 6.45) is 75.7. The van der Waals surface area contributed by atoms with E-state index in [9.17, 15) is 14.4 Å². The summed E-state index contributed by atoms with van der Waals surface area (Å²) in [5.41, 5.74) is 0. The Morgan fingerprint density at radius 2 is 0.657 bits per heavy atom. The van der Waals surface area contributed by atoms with E-state index in [2.05, 4.69) is 106 Å². The SMILES string of the molecule is CC\C=C/C=C\C=C/C=C\C=C/CCCCCC(=O)OC(COC(=O)CCCCCCCC/C=C\C=C/CCCCC)COC(=O)CCCCCCCC/C=C\C/C=C\C/C=C\C/C=C\CC. The smallest absolute Gasteiger partial charge is 0.306 e. The van der Waals surface area contributed by atoms with E-state index in [0.717, 1.165) is 116 Å². The van der Waals surface area contributed by atoms with E-state index in [0.29, 0.717) is 19.3 Å². The molecule has 0 aliphatic carbocycles. The molecule has 67 heavy (non-hydrogen) atoms. The minimum atomic E-state index is -0.816. The molecule has 1 unspecified atom stereocenters. The zero-order valence-corrected chi connectivity index (χ0v) is 42.9. The average molecular weight is 925 g/mol. The summed E-state index contributed by atoms with van der Waals surface area (Å²) >= 11 is 0. The number of hydrogen-bond donors (Lipinski definition) is 0. The zero-order chi connectivity index (χ0) is 48.6. The minimum absolute atomic E-state index is 0.111. The maximum atomic E-state index is 12.8. The quantitative estimate of drug-likeness (QED) is 0.0199. The van der Waals surface area contributed by atoms with Crippen molar-refractivity contribution in [3.63, 3.8) is 0 Å². The van der Waals surface area contributed by atoms with Crippen molar-refractivity contribution in [3.8, 4) is 0 Å². The molecule has 0 radical (unpaired) electrons. The Kier molecular flexibility index (Phi) is 50.6. The van der Waals surface area contributed by atoms with Crippen LogP contribution in [0.15, 0.2) is 134 Å². The van der Waals surface area contributed by atoms with Crippen LogP contribution in [-0.4, -0.2) is 37.2 Å². The van der Waals surface area contributed by atoms with Crippen molar-refractivity contribution in [2.75, 3.05) is 13.2 Å². The third-order valence-corrected chi connectivity index (χ3v) is 10.8. The molecule has 0 aliphatic heterocycles. The van der Waals surface area contributed by atoms with Gasteiger partial charge < -0.3 is 14.2 Å². The molecule has 6 heteroatoms. The number of carbonyl (C=O) groups is 3. The third-order valence-electron chi connectivity index (χ3n) is 10.8. The Morgan fingerprint density at radius 1 is 0.328 bits per heavy atom. The molecule has 0 heterocycles. The molecule has 0 amide bonds. The number of carbonyl (C=O) groups excluding carboxylic acids is 3. The van der Waals surface area contributed by atoms with Gasteiger partial charge in [-0.1, -0.05) is 225 Å². The summed E-state index contributed by atoms with van der Waals surface area (Å²) < 4.78 is 16.8. The maximum Gasteiger partial charge on any atom is 0.306 e. The van der Waals surface area contributed by atoms with Crippen LogP contribution < -0.4 is 0 Å². The molecule has 0 rings (SSSR count). The normalized spacial score (nSPS) is 13.2. The predicted molar refractivity (Wildman–Crippen MR) is 288 cm³/mol. The van der Waals surface area contributed by atoms with Crippen molar-refractivity contribution >= 4 is 17.9 Å². The Bertz CT molecular complexity index is 1480. The molecule has 0 fully saturated rings. The zero-order valence-electron chi connectivity index (χ0n) is 42.9. The van der Waals surface area contributed by atoms with Gasteiger partial charge >= 0.3 is 17.9 Å². The van der Waals surface area contributed by atoms with E-state index in [1.165, 1.54) is 51.4 Å². The van der Waals surface area contributed by atoms with Crippen LogP contribution in [0, 0.1) is 0 Å². The molecule has 1 atom stereocenters. The van der Waals surface area contributed by atoms with E-state index in [1.54, 1.807) is 0 Å². The second kappa shape index (κ2) is 54.2. The summed E-state index contributed by atoms with van der Waals surface area (Å²) in [5.74, 6) is -0.986. The first-order valence-electron chi connectivity index (χ1n) is 26.8. The molecule has 376 valence electrons. The van der Waals surface area contributed by atoms with Crippen LogP contribution in [0.5, 0.6) is 0 Å². The first kappa shape index (κ1) is 62.5. The van der Waals surface area contributed by atoms with E-state index >= 15 is 0 Å². The molecule has 0 aliphatic rings. The highest BCUT2D eigenvalue weighted by atomic mass is 16.6. The Labute approximate surface area is 411 Å². The summed E-state index contributed by atoms with van der Waals surface area (Å²) in [7, 11) is 0. The molecule has 0 saturated carbocycles. The second-order valence-corrected chi connectivity index (χ2v) is 17.2. The molecular weight excluding hydrogens is 829 g/mol. The van der Waals surface area contributed by atoms with Gasteiger partial charge in [-0.15, -0.1) is 0 Å². The average Bonchev–Trinajstić information content (AvgIpc) is 3.33. The molecule has 0 N–H and O–H groups in total. The maximum absolute atomic E-state index is 12.8. The lowest BCUT2D eigenvalue weighted by atomic mass is 10.1. The number of unbranched alkanes of at least 4 members (excludes halogenated alkanes) is 18. The molecule has 0 spiro atoms. The molecule has 0 aromatic carbocycles. The monoisotopic (exact) mass is 925 g/mol. The fourth-order valence-electron chi connectivity index (χ4n) is 6.80. The van der Waals surface area contributed by atoms with Gasteiger partial charge in [-0.2, -0.15) is 0 Å². The minimum Gasteiger partial charge on any atom is -0.462 e. The van der Waals surface area contributed by atoms with Crippen LogP contribution >= 0.6 is 0 Å². The first-order chi connectivity index (χ1) is 33.0. The molecule has 6 nitrogen and oxygen atoms in total. The predicted octanol–water partition coefficient (Wildman–Crippen LogP) is 17.9. The van der Waals surface area contributed by atoms with Crippen LogP contribution in [0.25, 0.3) is 0 Å². The van der Waals surface area contributed by atoms with Crippen LogP contribution in [-0.2, 0) is 28.6 Å². The van der Waals surface area contributed by atoms with E-state index in [-0.39, 0.29) is 37.5 Å². The number of rotatable bonds is 46. The number of ether oxygens (including phenoxy) is 3. The lowest BCUT2D eigenvalue weighted by Crippen LogP contribution is -2.30.